The topological polar surface area (TPSA) is 81.9 Å². The number of hydrogen-bond donors (Lipinski definition) is 1. The second kappa shape index (κ2) is 6.83. The van der Waals surface area contributed by atoms with E-state index < -0.39 is 0 Å². The number of ether oxygens (including phenoxy) is 1. The number of pyridine rings is 1. The lowest BCUT2D eigenvalue weighted by molar-refractivity contribution is 0.0932. The van der Waals surface area contributed by atoms with Crippen LogP contribution in [0, 0.1) is 0 Å². The molecule has 0 spiro atoms. The van der Waals surface area contributed by atoms with Gasteiger partial charge in [-0.3, -0.25) is 9.78 Å². The van der Waals surface area contributed by atoms with Crippen molar-refractivity contribution in [1.82, 2.24) is 25.1 Å². The molecule has 2 aromatic rings. The summed E-state index contributed by atoms with van der Waals surface area (Å²) in [5.41, 5.74) is 0.308. The zero-order valence-corrected chi connectivity index (χ0v) is 12.4. The summed E-state index contributed by atoms with van der Waals surface area (Å²) in [6.45, 7) is 4.77. The third kappa shape index (κ3) is 3.56. The molecule has 0 aliphatic carbocycles. The summed E-state index contributed by atoms with van der Waals surface area (Å²) in [7, 11) is 1.55. The smallest absolute Gasteiger partial charge is 0.270 e. The number of carbonyl (C=O) groups is 1. The predicted molar refractivity (Wildman–Crippen MR) is 77.0 cm³/mol. The van der Waals surface area contributed by atoms with Crippen molar-refractivity contribution in [1.29, 1.82) is 0 Å². The van der Waals surface area contributed by atoms with Crippen LogP contribution in [-0.4, -0.2) is 32.8 Å². The van der Waals surface area contributed by atoms with Gasteiger partial charge in [0.15, 0.2) is 5.82 Å². The number of nitrogens with one attached hydrogen (secondary N) is 1. The van der Waals surface area contributed by atoms with Crippen LogP contribution in [0.1, 0.15) is 42.6 Å². The van der Waals surface area contributed by atoms with Gasteiger partial charge in [-0.1, -0.05) is 6.92 Å². The van der Waals surface area contributed by atoms with Crippen molar-refractivity contribution in [2.75, 3.05) is 7.11 Å². The maximum Gasteiger partial charge on any atom is 0.270 e. The van der Waals surface area contributed by atoms with Crippen LogP contribution in [0.15, 0.2) is 24.7 Å². The highest BCUT2D eigenvalue weighted by molar-refractivity contribution is 5.92. The SMILES string of the molecule is CCCn1cnnc1C(C)NC(=O)c1cc(OC)ccn1. The summed E-state index contributed by atoms with van der Waals surface area (Å²) in [4.78, 5) is 16.2. The largest absolute Gasteiger partial charge is 0.497 e. The van der Waals surface area contributed by atoms with Crippen LogP contribution in [0.5, 0.6) is 5.75 Å². The Hall–Kier alpha value is -2.44. The van der Waals surface area contributed by atoms with Gasteiger partial charge in [-0.05, 0) is 19.4 Å². The molecule has 2 heterocycles. The minimum atomic E-state index is -0.271. The number of amides is 1. The molecule has 7 heteroatoms. The van der Waals surface area contributed by atoms with Gasteiger partial charge in [-0.2, -0.15) is 0 Å². The number of rotatable bonds is 6. The molecule has 7 nitrogen and oxygen atoms in total. The van der Waals surface area contributed by atoms with Crippen LogP contribution in [0.4, 0.5) is 0 Å². The molecule has 0 fully saturated rings. The number of hydrogen-bond acceptors (Lipinski definition) is 5. The van der Waals surface area contributed by atoms with E-state index in [1.807, 2.05) is 11.5 Å². The second-order valence-corrected chi connectivity index (χ2v) is 4.66. The first-order chi connectivity index (χ1) is 10.2. The lowest BCUT2D eigenvalue weighted by Gasteiger charge is -2.14. The Morgan fingerprint density at radius 1 is 1.52 bits per heavy atom. The highest BCUT2D eigenvalue weighted by Crippen LogP contribution is 2.13. The van der Waals surface area contributed by atoms with E-state index in [-0.39, 0.29) is 11.9 Å². The first kappa shape index (κ1) is 15.0. The number of nitrogens with zero attached hydrogens (tertiary/aromatic N) is 4. The van der Waals surface area contributed by atoms with Gasteiger partial charge < -0.3 is 14.6 Å². The lowest BCUT2D eigenvalue weighted by atomic mass is 10.2. The van der Waals surface area contributed by atoms with Crippen molar-refractivity contribution < 1.29 is 9.53 Å². The monoisotopic (exact) mass is 289 g/mol. The van der Waals surface area contributed by atoms with Crippen LogP contribution < -0.4 is 10.1 Å². The van der Waals surface area contributed by atoms with E-state index in [2.05, 4.69) is 27.4 Å². The molecule has 1 N–H and O–H groups in total. The second-order valence-electron chi connectivity index (χ2n) is 4.66. The fraction of sp³-hybridized carbons (Fsp3) is 0.429. The van der Waals surface area contributed by atoms with E-state index in [0.717, 1.165) is 18.8 Å². The van der Waals surface area contributed by atoms with Crippen LogP contribution in [0.25, 0.3) is 0 Å². The van der Waals surface area contributed by atoms with Gasteiger partial charge in [-0.25, -0.2) is 0 Å². The van der Waals surface area contributed by atoms with Crippen LogP contribution in [0.2, 0.25) is 0 Å². The molecule has 0 bridgehead atoms. The van der Waals surface area contributed by atoms with Gasteiger partial charge in [0, 0.05) is 18.8 Å². The van der Waals surface area contributed by atoms with Gasteiger partial charge in [-0.15, -0.1) is 10.2 Å². The van der Waals surface area contributed by atoms with E-state index in [1.54, 1.807) is 25.6 Å². The molecule has 0 aromatic carbocycles. The number of aryl methyl sites for hydroxylation is 1. The molecular formula is C14H19N5O2. The summed E-state index contributed by atoms with van der Waals surface area (Å²) >= 11 is 0. The molecule has 1 unspecified atom stereocenters. The minimum absolute atomic E-state index is 0.250. The van der Waals surface area contributed by atoms with Crippen molar-refractivity contribution in [3.8, 4) is 5.75 Å². The highest BCUT2D eigenvalue weighted by Gasteiger charge is 2.17. The van der Waals surface area contributed by atoms with Crippen LogP contribution >= 0.6 is 0 Å². The first-order valence-electron chi connectivity index (χ1n) is 6.84. The third-order valence-corrected chi connectivity index (χ3v) is 3.04. The molecule has 112 valence electrons. The Labute approximate surface area is 123 Å². The maximum atomic E-state index is 12.2. The molecule has 0 aliphatic heterocycles. The molecular weight excluding hydrogens is 270 g/mol. The van der Waals surface area contributed by atoms with Crippen molar-refractivity contribution >= 4 is 5.91 Å². The molecule has 0 aliphatic rings. The molecule has 2 rings (SSSR count). The predicted octanol–water partition coefficient (Wildman–Crippen LogP) is 1.58. The molecule has 2 aromatic heterocycles. The Kier molecular flexibility index (Phi) is 4.86. The summed E-state index contributed by atoms with van der Waals surface area (Å²) in [6, 6.07) is 3.04. The summed E-state index contributed by atoms with van der Waals surface area (Å²) in [5, 5.41) is 10.8. The standard InChI is InChI=1S/C14H19N5O2/c1-4-7-19-9-16-18-13(19)10(2)17-14(20)12-8-11(21-3)5-6-15-12/h5-6,8-10H,4,7H2,1-3H3,(H,17,20). The molecule has 0 saturated heterocycles. The average Bonchev–Trinajstić information content (AvgIpc) is 2.96. The van der Waals surface area contributed by atoms with E-state index in [1.165, 1.54) is 6.20 Å². The summed E-state index contributed by atoms with van der Waals surface area (Å²) < 4.78 is 7.02. The summed E-state index contributed by atoms with van der Waals surface area (Å²) in [5.74, 6) is 1.05. The summed E-state index contributed by atoms with van der Waals surface area (Å²) in [6.07, 6.45) is 4.19. The van der Waals surface area contributed by atoms with Crippen LogP contribution in [0.3, 0.4) is 0 Å². The van der Waals surface area contributed by atoms with E-state index in [4.69, 9.17) is 4.74 Å². The fourth-order valence-electron chi connectivity index (χ4n) is 2.01. The van der Waals surface area contributed by atoms with E-state index in [0.29, 0.717) is 11.4 Å². The van der Waals surface area contributed by atoms with Gasteiger partial charge in [0.05, 0.1) is 13.2 Å². The van der Waals surface area contributed by atoms with E-state index >= 15 is 0 Å². The van der Waals surface area contributed by atoms with Crippen LogP contribution in [-0.2, 0) is 6.54 Å². The third-order valence-electron chi connectivity index (χ3n) is 3.04. The molecule has 0 saturated carbocycles. The minimum Gasteiger partial charge on any atom is -0.497 e. The van der Waals surface area contributed by atoms with Crippen molar-refractivity contribution in [3.05, 3.63) is 36.2 Å². The quantitative estimate of drug-likeness (QED) is 0.873. The normalized spacial score (nSPS) is 12.0. The lowest BCUT2D eigenvalue weighted by Crippen LogP contribution is -2.29. The van der Waals surface area contributed by atoms with Gasteiger partial charge in [0.1, 0.15) is 17.8 Å². The Bertz CT molecular complexity index is 611. The van der Waals surface area contributed by atoms with Crippen molar-refractivity contribution in [3.63, 3.8) is 0 Å². The van der Waals surface area contributed by atoms with Crippen molar-refractivity contribution in [2.45, 2.75) is 32.9 Å². The van der Waals surface area contributed by atoms with E-state index in [9.17, 15) is 4.79 Å². The number of aromatic nitrogens is 4. The van der Waals surface area contributed by atoms with Gasteiger partial charge in [0.25, 0.3) is 5.91 Å². The zero-order valence-electron chi connectivity index (χ0n) is 12.4. The Morgan fingerprint density at radius 2 is 2.33 bits per heavy atom. The highest BCUT2D eigenvalue weighted by atomic mass is 16.5. The zero-order chi connectivity index (χ0) is 15.2. The number of carbonyl (C=O) groups excluding carboxylic acids is 1. The maximum absolute atomic E-state index is 12.2. The molecule has 21 heavy (non-hydrogen) atoms. The molecule has 1 atom stereocenters. The number of methoxy groups -OCH3 is 1. The van der Waals surface area contributed by atoms with Gasteiger partial charge in [0.2, 0.25) is 0 Å². The van der Waals surface area contributed by atoms with Crippen molar-refractivity contribution in [2.24, 2.45) is 0 Å². The fourth-order valence-corrected chi connectivity index (χ4v) is 2.01. The average molecular weight is 289 g/mol. The first-order valence-corrected chi connectivity index (χ1v) is 6.84. The Morgan fingerprint density at radius 3 is 3.05 bits per heavy atom. The Balaban J connectivity index is 2.09. The van der Waals surface area contributed by atoms with Gasteiger partial charge >= 0.3 is 0 Å². The molecule has 0 radical (unpaired) electrons. The molecule has 1 amide bonds.